The average Bonchev–Trinajstić information content (AvgIpc) is 2.97. The van der Waals surface area contributed by atoms with E-state index in [1.165, 1.54) is 22.8 Å². The molecule has 1 aromatic heterocycles. The van der Waals surface area contributed by atoms with E-state index < -0.39 is 5.82 Å². The number of nitrogens with zero attached hydrogens (tertiary/aromatic N) is 4. The predicted octanol–water partition coefficient (Wildman–Crippen LogP) is 5.37. The minimum Gasteiger partial charge on any atom is -0.497 e. The number of hydrogen-bond acceptors (Lipinski definition) is 6. The van der Waals surface area contributed by atoms with Crippen molar-refractivity contribution in [1.29, 1.82) is 5.26 Å². The fourth-order valence-corrected chi connectivity index (χ4v) is 4.79. The van der Waals surface area contributed by atoms with Gasteiger partial charge in [0, 0.05) is 24.2 Å². The van der Waals surface area contributed by atoms with Crippen LogP contribution in [0.15, 0.2) is 65.5 Å². The molecule has 1 amide bonds. The van der Waals surface area contributed by atoms with Gasteiger partial charge in [0.2, 0.25) is 5.95 Å². The number of amides is 1. The maximum atomic E-state index is 14.1. The Labute approximate surface area is 239 Å². The van der Waals surface area contributed by atoms with E-state index in [9.17, 15) is 19.2 Å². The molecule has 0 bridgehead atoms. The maximum absolute atomic E-state index is 14.1. The van der Waals surface area contributed by atoms with Gasteiger partial charge in [-0.15, -0.1) is 0 Å². The summed E-state index contributed by atoms with van der Waals surface area (Å²) in [6.45, 7) is 0.705. The minimum absolute atomic E-state index is 0.106. The number of benzene rings is 3. The van der Waals surface area contributed by atoms with Crippen molar-refractivity contribution >= 4 is 35.1 Å². The molecule has 4 aromatic rings. The zero-order chi connectivity index (χ0) is 28.4. The summed E-state index contributed by atoms with van der Waals surface area (Å²) >= 11 is 12.1. The third-order valence-electron chi connectivity index (χ3n) is 6.63. The van der Waals surface area contributed by atoms with Gasteiger partial charge in [-0.1, -0.05) is 35.3 Å². The summed E-state index contributed by atoms with van der Waals surface area (Å²) < 4.78 is 20.6. The Balaban J connectivity index is 1.53. The van der Waals surface area contributed by atoms with Gasteiger partial charge in [-0.25, -0.2) is 13.9 Å². The topological polar surface area (TPSA) is 100 Å². The minimum atomic E-state index is -0.686. The lowest BCUT2D eigenvalue weighted by Crippen LogP contribution is -2.40. The number of nitriles is 1. The van der Waals surface area contributed by atoms with Gasteiger partial charge in [0.15, 0.2) is 0 Å². The molecule has 5 rings (SSSR count). The lowest BCUT2D eigenvalue weighted by Gasteiger charge is -2.29. The van der Waals surface area contributed by atoms with Crippen LogP contribution in [0.25, 0.3) is 5.69 Å². The quantitative estimate of drug-likeness (QED) is 0.330. The fourth-order valence-electron chi connectivity index (χ4n) is 4.49. The van der Waals surface area contributed by atoms with E-state index in [0.29, 0.717) is 39.8 Å². The summed E-state index contributed by atoms with van der Waals surface area (Å²) in [5.74, 6) is -0.0527. The summed E-state index contributed by atoms with van der Waals surface area (Å²) in [5.41, 5.74) is 1.90. The molecular weight excluding hydrogens is 556 g/mol. The van der Waals surface area contributed by atoms with E-state index in [-0.39, 0.29) is 47.5 Å². The summed E-state index contributed by atoms with van der Waals surface area (Å²) in [4.78, 5) is 33.4. The van der Waals surface area contributed by atoms with Gasteiger partial charge in [-0.2, -0.15) is 5.26 Å². The van der Waals surface area contributed by atoms with Crippen LogP contribution in [0.4, 0.5) is 10.3 Å². The number of methoxy groups -OCH3 is 1. The zero-order valence-corrected chi connectivity index (χ0v) is 22.8. The molecule has 0 unspecified atom stereocenters. The molecule has 0 radical (unpaired) electrons. The van der Waals surface area contributed by atoms with E-state index in [2.05, 4.69) is 5.32 Å². The Morgan fingerprint density at radius 3 is 2.60 bits per heavy atom. The smallest absolute Gasteiger partial charge is 0.263 e. The first-order valence-corrected chi connectivity index (χ1v) is 13.0. The largest absolute Gasteiger partial charge is 0.497 e. The molecule has 40 heavy (non-hydrogen) atoms. The molecule has 0 atom stereocenters. The molecular formula is C29H22Cl2FN5O3. The molecule has 2 heterocycles. The first-order valence-electron chi connectivity index (χ1n) is 12.2. The highest BCUT2D eigenvalue weighted by atomic mass is 35.5. The Morgan fingerprint density at radius 1 is 1.12 bits per heavy atom. The van der Waals surface area contributed by atoms with Crippen LogP contribution >= 0.6 is 23.2 Å². The third kappa shape index (κ3) is 5.37. The van der Waals surface area contributed by atoms with E-state index in [1.54, 1.807) is 24.1 Å². The van der Waals surface area contributed by atoms with Gasteiger partial charge in [0.25, 0.3) is 11.5 Å². The lowest BCUT2D eigenvalue weighted by atomic mass is 10.0. The van der Waals surface area contributed by atoms with Crippen LogP contribution in [0.1, 0.15) is 32.7 Å². The van der Waals surface area contributed by atoms with Crippen LogP contribution in [0.2, 0.25) is 10.0 Å². The fraction of sp³-hybridized carbons (Fsp3) is 0.172. The summed E-state index contributed by atoms with van der Waals surface area (Å²) in [6.07, 6.45) is 0.263. The van der Waals surface area contributed by atoms with Gasteiger partial charge in [0.05, 0.1) is 40.6 Å². The molecule has 1 N–H and O–H groups in total. The standard InChI is InChI=1S/C29H22Cl2FN5O3/c1-40-21-6-2-17(3-7-21)15-34-29-35-26-16-36(27(38)18-4-8-23(30)24(31)13-18)11-10-22(26)28(39)37(29)20-5-9-25(32)19(12-20)14-33/h2-9,12-13H,10-11,15-16H2,1H3,(H,34,35). The van der Waals surface area contributed by atoms with E-state index in [1.807, 2.05) is 30.3 Å². The average molecular weight is 578 g/mol. The van der Waals surface area contributed by atoms with Crippen molar-refractivity contribution in [2.24, 2.45) is 0 Å². The molecule has 202 valence electrons. The van der Waals surface area contributed by atoms with Gasteiger partial charge in [-0.05, 0) is 60.5 Å². The molecule has 0 saturated carbocycles. The number of rotatable bonds is 6. The number of carbonyl (C=O) groups excluding carboxylic acids is 1. The van der Waals surface area contributed by atoms with Crippen LogP contribution in [-0.4, -0.2) is 34.0 Å². The van der Waals surface area contributed by atoms with Crippen molar-refractivity contribution in [1.82, 2.24) is 14.5 Å². The monoisotopic (exact) mass is 577 g/mol. The van der Waals surface area contributed by atoms with Crippen molar-refractivity contribution in [2.75, 3.05) is 19.0 Å². The first kappa shape index (κ1) is 27.2. The first-order chi connectivity index (χ1) is 19.3. The Hall–Kier alpha value is -4.39. The summed E-state index contributed by atoms with van der Waals surface area (Å²) in [7, 11) is 1.58. The number of hydrogen-bond donors (Lipinski definition) is 1. The molecule has 11 heteroatoms. The van der Waals surface area contributed by atoms with E-state index in [4.69, 9.17) is 32.9 Å². The molecule has 0 saturated heterocycles. The molecule has 8 nitrogen and oxygen atoms in total. The highest BCUT2D eigenvalue weighted by Gasteiger charge is 2.27. The number of carbonyl (C=O) groups is 1. The molecule has 0 aliphatic carbocycles. The number of nitrogens with one attached hydrogen (secondary N) is 1. The van der Waals surface area contributed by atoms with Gasteiger partial charge < -0.3 is 15.0 Å². The van der Waals surface area contributed by atoms with Gasteiger partial charge >= 0.3 is 0 Å². The van der Waals surface area contributed by atoms with Crippen molar-refractivity contribution in [3.63, 3.8) is 0 Å². The molecule has 1 aliphatic heterocycles. The molecule has 1 aliphatic rings. The summed E-state index contributed by atoms with van der Waals surface area (Å²) in [6, 6.07) is 17.7. The van der Waals surface area contributed by atoms with E-state index in [0.717, 1.165) is 11.6 Å². The second-order valence-corrected chi connectivity index (χ2v) is 9.90. The number of fused-ring (bicyclic) bond motifs is 1. The van der Waals surface area contributed by atoms with Crippen LogP contribution in [0.3, 0.4) is 0 Å². The van der Waals surface area contributed by atoms with E-state index >= 15 is 0 Å². The molecule has 3 aromatic carbocycles. The van der Waals surface area contributed by atoms with Gasteiger partial charge in [-0.3, -0.25) is 9.59 Å². The Morgan fingerprint density at radius 2 is 1.90 bits per heavy atom. The molecule has 0 fully saturated rings. The van der Waals surface area contributed by atoms with Crippen molar-refractivity contribution in [3.05, 3.63) is 115 Å². The SMILES string of the molecule is COc1ccc(CNc2nc3c(c(=O)n2-c2ccc(F)c(C#N)c2)CCN(C(=O)c2ccc(Cl)c(Cl)c2)C3)cc1. The Kier molecular flexibility index (Phi) is 7.74. The third-order valence-corrected chi connectivity index (χ3v) is 7.37. The van der Waals surface area contributed by atoms with Crippen LogP contribution in [0.5, 0.6) is 5.75 Å². The van der Waals surface area contributed by atoms with Gasteiger partial charge in [0.1, 0.15) is 17.6 Å². The highest BCUT2D eigenvalue weighted by molar-refractivity contribution is 6.42. The van der Waals surface area contributed by atoms with Crippen LogP contribution in [0, 0.1) is 17.1 Å². The zero-order valence-electron chi connectivity index (χ0n) is 21.2. The lowest BCUT2D eigenvalue weighted by molar-refractivity contribution is 0.0731. The number of aromatic nitrogens is 2. The predicted molar refractivity (Wildman–Crippen MR) is 150 cm³/mol. The number of anilines is 1. The van der Waals surface area contributed by atoms with Crippen LogP contribution < -0.4 is 15.6 Å². The second-order valence-electron chi connectivity index (χ2n) is 9.08. The second kappa shape index (κ2) is 11.4. The highest BCUT2D eigenvalue weighted by Crippen LogP contribution is 2.26. The van der Waals surface area contributed by atoms with Crippen molar-refractivity contribution < 1.29 is 13.9 Å². The van der Waals surface area contributed by atoms with Crippen molar-refractivity contribution in [2.45, 2.75) is 19.5 Å². The maximum Gasteiger partial charge on any atom is 0.263 e. The number of halogens is 3. The van der Waals surface area contributed by atoms with Crippen molar-refractivity contribution in [3.8, 4) is 17.5 Å². The summed E-state index contributed by atoms with van der Waals surface area (Å²) in [5, 5.41) is 13.2. The Bertz CT molecular complexity index is 1720. The molecule has 0 spiro atoms. The normalized spacial score (nSPS) is 12.4. The number of ether oxygens (including phenoxy) is 1. The van der Waals surface area contributed by atoms with Crippen LogP contribution in [-0.2, 0) is 19.5 Å².